The molecule has 0 radical (unpaired) electrons. The van der Waals surface area contributed by atoms with E-state index in [1.54, 1.807) is 0 Å². The first-order chi connectivity index (χ1) is 54.0. The van der Waals surface area contributed by atoms with Gasteiger partial charge in [0.15, 0.2) is 0 Å². The van der Waals surface area contributed by atoms with Crippen molar-refractivity contribution in [2.45, 2.75) is 612 Å². The molecule has 1 N–H and O–H groups in total. The quantitative estimate of drug-likeness (QED) is 0.254. The maximum absolute atomic E-state index is 10.0. The van der Waals surface area contributed by atoms with Crippen molar-refractivity contribution in [1.29, 1.82) is 0 Å². The molecule has 9 aliphatic rings. The maximum atomic E-state index is 10.0. The van der Waals surface area contributed by atoms with Crippen LogP contribution in [0.3, 0.4) is 0 Å². The van der Waals surface area contributed by atoms with Crippen molar-refractivity contribution in [2.75, 3.05) is 58.9 Å². The Labute approximate surface area is 783 Å². The van der Waals surface area contributed by atoms with Crippen LogP contribution in [0.25, 0.3) is 0 Å². The molecule has 10 nitrogen and oxygen atoms in total. The molecule has 9 heterocycles. The van der Waals surface area contributed by atoms with Crippen LogP contribution in [-0.4, -0.2) is 218 Å². The topological polar surface area (TPSA) is 49.4 Å². The van der Waals surface area contributed by atoms with Gasteiger partial charge in [0, 0.05) is 111 Å². The second-order valence-corrected chi connectivity index (χ2v) is 53.2. The van der Waals surface area contributed by atoms with Crippen LogP contribution in [-0.2, 0) is 0 Å². The number of hydrogen-bond donors (Lipinski definition) is 1. The van der Waals surface area contributed by atoms with Gasteiger partial charge in [-0.05, 0) is 400 Å². The van der Waals surface area contributed by atoms with Crippen LogP contribution in [0.1, 0.15) is 501 Å². The van der Waals surface area contributed by atoms with E-state index in [2.05, 4.69) is 411 Å². The molecule has 9 saturated heterocycles. The maximum Gasteiger partial charge on any atom is 0.0712 e. The van der Waals surface area contributed by atoms with Gasteiger partial charge in [-0.3, -0.25) is 44.1 Å². The highest BCUT2D eigenvalue weighted by Crippen LogP contribution is 2.45. The normalized spacial score (nSPS) is 29.6. The Morgan fingerprint density at radius 1 is 0.179 bits per heavy atom. The fourth-order valence-electron chi connectivity index (χ4n) is 22.3. The van der Waals surface area contributed by atoms with E-state index >= 15 is 0 Å². The van der Waals surface area contributed by atoms with Gasteiger partial charge in [0.25, 0.3) is 0 Å². The second-order valence-electron chi connectivity index (χ2n) is 53.2. The first-order valence-corrected chi connectivity index (χ1v) is 51.6. The summed E-state index contributed by atoms with van der Waals surface area (Å²) in [5.74, 6) is 6.06. The summed E-state index contributed by atoms with van der Waals surface area (Å²) in [5, 5.41) is 10.0. The standard InChI is InChI=1S/3C13H27N.C12H25NO.C12H25N.4C10H21N.4C2H6.2CH4/c3*1-10-8-9-14(13(5,6)7)11(10)12(2,3)4;1-11(2,3)10-9(14)7-8-13(10)12(4,5)6;1-11(2,3)10-8-7-9-13(10)12(4,5)6;4*1-8-6-7-11(9(8)2)10(3,4)5;4*1-2;;/h3*10-11H,8-9H2,1-7H3;9-10,14H,7-8H2,1-6H3;10H,7-9H2,1-6H3;4*8-9H,6-7H2,1-5H3;4*1-2H3;2*1H4/t3*10-,11?;9-,10?;;2*8-,9+;2*8-,9-;;;;;;/m1100.1010....../s1. The predicted octanol–water partition coefficient (Wildman–Crippen LogP) is 31.6. The van der Waals surface area contributed by atoms with Gasteiger partial charge < -0.3 is 5.11 Å². The molecule has 9 fully saturated rings. The van der Waals surface area contributed by atoms with Crippen LogP contribution >= 0.6 is 0 Å². The Bertz CT molecular complexity index is 2300. The van der Waals surface area contributed by atoms with Crippen LogP contribution in [0, 0.1) is 68.5 Å². The Kier molecular flexibility index (Phi) is 58.8. The van der Waals surface area contributed by atoms with Gasteiger partial charge >= 0.3 is 0 Å². The molecule has 17 atom stereocenters. The molecular weight excluding hydrogens is 1500 g/mol. The Morgan fingerprint density at radius 3 is 0.447 bits per heavy atom. The summed E-state index contributed by atoms with van der Waals surface area (Å²) in [5.41, 5.74) is 4.74. The lowest BCUT2D eigenvalue weighted by Gasteiger charge is -2.44. The van der Waals surface area contributed by atoms with Crippen molar-refractivity contribution in [1.82, 2.24) is 44.1 Å². The highest BCUT2D eigenvalue weighted by molar-refractivity contribution is 5.03. The smallest absolute Gasteiger partial charge is 0.0712 e. The Hall–Kier alpha value is -0.400. The fraction of sp³-hybridized carbons (Fsp3) is 1.00. The Morgan fingerprint density at radius 2 is 0.333 bits per heavy atom. The van der Waals surface area contributed by atoms with Crippen molar-refractivity contribution in [3.8, 4) is 0 Å². The summed E-state index contributed by atoms with van der Waals surface area (Å²) in [6, 6.07) is 6.37. The van der Waals surface area contributed by atoms with Crippen LogP contribution in [0.2, 0.25) is 0 Å². The molecule has 0 aromatic rings. The third kappa shape index (κ3) is 44.5. The first-order valence-electron chi connectivity index (χ1n) is 51.6. The Balaban J connectivity index is -0.000000309. The van der Waals surface area contributed by atoms with Crippen LogP contribution in [0.5, 0.6) is 0 Å². The van der Waals surface area contributed by atoms with E-state index in [1.165, 1.54) is 110 Å². The van der Waals surface area contributed by atoms with Crippen molar-refractivity contribution < 1.29 is 5.11 Å². The van der Waals surface area contributed by atoms with Crippen molar-refractivity contribution in [2.24, 2.45) is 68.5 Å². The summed E-state index contributed by atoms with van der Waals surface area (Å²) in [4.78, 5) is 23.6. The van der Waals surface area contributed by atoms with E-state index in [-0.39, 0.29) is 31.9 Å². The zero-order chi connectivity index (χ0) is 97.4. The predicted molar refractivity (Wildman–Crippen MR) is 567 cm³/mol. The number of likely N-dealkylation sites (tertiary alicyclic amines) is 9. The molecule has 0 amide bonds. The highest BCUT2D eigenvalue weighted by Gasteiger charge is 2.49. The third-order valence-electron chi connectivity index (χ3n) is 28.6. The zero-order valence-corrected chi connectivity index (χ0v) is 95.7. The van der Waals surface area contributed by atoms with Crippen molar-refractivity contribution in [3.05, 3.63) is 0 Å². The minimum atomic E-state index is -0.158. The summed E-state index contributed by atoms with van der Waals surface area (Å²) in [6.45, 7) is 151. The molecule has 0 bridgehead atoms. The molecule has 9 rings (SSSR count). The number of aliphatic hydroxyl groups excluding tert-OH is 1. The zero-order valence-electron chi connectivity index (χ0n) is 95.7. The van der Waals surface area contributed by atoms with Crippen LogP contribution in [0.4, 0.5) is 0 Å². The number of nitrogens with zero attached hydrogens (tertiary/aromatic N) is 9. The van der Waals surface area contributed by atoms with Crippen LogP contribution < -0.4 is 0 Å². The molecule has 9 aliphatic heterocycles. The van der Waals surface area contributed by atoms with E-state index in [0.717, 1.165) is 103 Å². The molecule has 0 spiro atoms. The monoisotopic (exact) mass is 1750 g/mol. The average Bonchev–Trinajstić information content (AvgIpc) is 1.67. The number of rotatable bonds is 0. The molecule has 10 heteroatoms. The van der Waals surface area contributed by atoms with Gasteiger partial charge in [0.05, 0.1) is 6.10 Å². The van der Waals surface area contributed by atoms with E-state index in [4.69, 9.17) is 0 Å². The summed E-state index contributed by atoms with van der Waals surface area (Å²) >= 11 is 0. The molecule has 750 valence electrons. The molecule has 0 aromatic carbocycles. The minimum Gasteiger partial charge on any atom is -0.391 e. The number of hydrogen-bond acceptors (Lipinski definition) is 10. The van der Waals surface area contributed by atoms with Gasteiger partial charge in [-0.2, -0.15) is 0 Å². The molecular formula is C113H247N9O. The molecule has 0 saturated carbocycles. The van der Waals surface area contributed by atoms with Crippen LogP contribution in [0.15, 0.2) is 0 Å². The SMILES string of the molecule is C.C.CC.CC.CC.CC.CC(C)(C)C1CCCN1C(C)(C)C.CC(C)(C)C1[C@@H](O)CCN1C(C)(C)C.C[C@@H]1CCN(C(C)(C)C)C1C(C)(C)C.C[C@@H]1CCN(C(C)(C)C)C1C(C)(C)C.C[C@@H]1CCN(C(C)(C)C)[C@@H]1C.C[C@@H]1CCN(C(C)(C)C)[C@H]1C.C[C@@H]1[C@@H](C)CCN1C(C)(C)C.C[C@H]1CCN(C(C)(C)C)C1C(C)(C)C.C[C@H]1CCN(C(C)(C)C)[C@H]1C. The summed E-state index contributed by atoms with van der Waals surface area (Å²) < 4.78 is 0. The third-order valence-corrected chi connectivity index (χ3v) is 28.6. The second kappa shape index (κ2) is 54.2. The molecule has 0 aromatic heterocycles. The summed E-state index contributed by atoms with van der Waals surface area (Å²) in [6.07, 6.45) is 13.1. The minimum absolute atomic E-state index is 0. The van der Waals surface area contributed by atoms with E-state index in [9.17, 15) is 5.11 Å². The van der Waals surface area contributed by atoms with Gasteiger partial charge in [-0.25, -0.2) is 0 Å². The van der Waals surface area contributed by atoms with Crippen molar-refractivity contribution in [3.63, 3.8) is 0 Å². The number of aliphatic hydroxyl groups is 1. The van der Waals surface area contributed by atoms with Gasteiger partial charge in [0.1, 0.15) is 0 Å². The largest absolute Gasteiger partial charge is 0.391 e. The molecule has 0 aliphatic carbocycles. The van der Waals surface area contributed by atoms with E-state index in [1.807, 2.05) is 55.4 Å². The van der Waals surface area contributed by atoms with Gasteiger partial charge in [-0.1, -0.05) is 223 Å². The highest BCUT2D eigenvalue weighted by atomic mass is 16.3. The van der Waals surface area contributed by atoms with E-state index in [0.29, 0.717) is 72.0 Å². The van der Waals surface area contributed by atoms with E-state index < -0.39 is 0 Å². The lowest BCUT2D eigenvalue weighted by molar-refractivity contribution is 0.00315. The lowest BCUT2D eigenvalue weighted by atomic mass is 9.79. The summed E-state index contributed by atoms with van der Waals surface area (Å²) in [7, 11) is 0. The fourth-order valence-corrected chi connectivity index (χ4v) is 22.3. The first kappa shape index (κ1) is 133. The van der Waals surface area contributed by atoms with Crippen molar-refractivity contribution >= 4 is 0 Å². The average molecular weight is 1750 g/mol. The van der Waals surface area contributed by atoms with Gasteiger partial charge in [0.2, 0.25) is 0 Å². The molecule has 5 unspecified atom stereocenters. The molecule has 123 heavy (non-hydrogen) atoms. The lowest BCUT2D eigenvalue weighted by Crippen LogP contribution is -2.52. The van der Waals surface area contributed by atoms with Gasteiger partial charge in [-0.15, -0.1) is 0 Å².